The van der Waals surface area contributed by atoms with Crippen molar-refractivity contribution in [1.29, 1.82) is 0 Å². The molecule has 0 fully saturated rings. The molecule has 0 aliphatic carbocycles. The van der Waals surface area contributed by atoms with Gasteiger partial charge in [0, 0.05) is 17.3 Å². The molecule has 2 aromatic heterocycles. The van der Waals surface area contributed by atoms with Crippen molar-refractivity contribution in [3.63, 3.8) is 0 Å². The molecule has 0 saturated heterocycles. The highest BCUT2D eigenvalue weighted by Crippen LogP contribution is 2.19. The quantitative estimate of drug-likeness (QED) is 0.694. The van der Waals surface area contributed by atoms with Crippen LogP contribution >= 0.6 is 0 Å². The molecule has 3 aromatic rings. The van der Waals surface area contributed by atoms with Crippen LogP contribution in [-0.4, -0.2) is 27.2 Å². The number of aromatic nitrogens is 3. The number of nitrogens with zero attached hydrogens (tertiary/aromatic N) is 3. The third-order valence-corrected chi connectivity index (χ3v) is 3.36. The number of esters is 1. The fraction of sp³-hybridized carbons (Fsp3) is 0.235. The lowest BCUT2D eigenvalue weighted by Gasteiger charge is -2.04. The number of ether oxygens (including phenoxy) is 1. The Kier molecular flexibility index (Phi) is 3.87. The van der Waals surface area contributed by atoms with Crippen molar-refractivity contribution >= 4 is 11.6 Å². The van der Waals surface area contributed by atoms with Crippen LogP contribution in [0.25, 0.3) is 16.9 Å². The molecule has 1 aromatic carbocycles. The van der Waals surface area contributed by atoms with E-state index >= 15 is 0 Å². The Morgan fingerprint density at radius 3 is 2.73 bits per heavy atom. The van der Waals surface area contributed by atoms with Crippen LogP contribution in [0.5, 0.6) is 0 Å². The lowest BCUT2D eigenvalue weighted by Crippen LogP contribution is -2.10. The molecule has 0 aliphatic heterocycles. The van der Waals surface area contributed by atoms with Crippen molar-refractivity contribution in [2.75, 3.05) is 6.61 Å². The molecule has 0 aliphatic rings. The zero-order valence-electron chi connectivity index (χ0n) is 12.6. The van der Waals surface area contributed by atoms with Gasteiger partial charge in [0.1, 0.15) is 0 Å². The molecule has 22 heavy (non-hydrogen) atoms. The van der Waals surface area contributed by atoms with Gasteiger partial charge in [-0.25, -0.2) is 9.50 Å². The summed E-state index contributed by atoms with van der Waals surface area (Å²) in [6.07, 6.45) is 0.178. The highest BCUT2D eigenvalue weighted by atomic mass is 16.5. The lowest BCUT2D eigenvalue weighted by molar-refractivity contribution is -0.142. The van der Waals surface area contributed by atoms with E-state index in [2.05, 4.69) is 10.1 Å². The normalized spacial score (nSPS) is 10.8. The van der Waals surface area contributed by atoms with Gasteiger partial charge in [0.25, 0.3) is 0 Å². The fourth-order valence-corrected chi connectivity index (χ4v) is 2.39. The Labute approximate surface area is 128 Å². The molecule has 0 radical (unpaired) electrons. The number of carbonyl (C=O) groups excluding carboxylic acids is 1. The Hall–Kier alpha value is -2.69. The Bertz CT molecular complexity index is 809. The number of hydrogen-bond acceptors (Lipinski definition) is 4. The number of hydrogen-bond donors (Lipinski definition) is 0. The van der Waals surface area contributed by atoms with Gasteiger partial charge in [0.15, 0.2) is 5.65 Å². The molecule has 2 heterocycles. The molecular formula is C17H17N3O2. The van der Waals surface area contributed by atoms with Crippen molar-refractivity contribution in [3.05, 3.63) is 53.9 Å². The third kappa shape index (κ3) is 2.83. The third-order valence-electron chi connectivity index (χ3n) is 3.36. The lowest BCUT2D eigenvalue weighted by atomic mass is 10.2. The summed E-state index contributed by atoms with van der Waals surface area (Å²) in [5.74, 6) is -0.262. The summed E-state index contributed by atoms with van der Waals surface area (Å²) in [5.41, 5.74) is 4.27. The van der Waals surface area contributed by atoms with E-state index in [0.717, 1.165) is 22.6 Å². The second-order valence-electron chi connectivity index (χ2n) is 5.04. The molecule has 112 valence electrons. The first-order valence-corrected chi connectivity index (χ1v) is 7.24. The monoisotopic (exact) mass is 295 g/mol. The van der Waals surface area contributed by atoms with Gasteiger partial charge in [-0.15, -0.1) is 0 Å². The van der Waals surface area contributed by atoms with Crippen molar-refractivity contribution in [3.8, 4) is 11.3 Å². The molecule has 0 unspecified atom stereocenters. The van der Waals surface area contributed by atoms with Crippen LogP contribution in [0.15, 0.2) is 42.5 Å². The van der Waals surface area contributed by atoms with Gasteiger partial charge < -0.3 is 4.74 Å². The first-order chi connectivity index (χ1) is 10.7. The molecule has 0 bridgehead atoms. The van der Waals surface area contributed by atoms with Crippen LogP contribution in [0.4, 0.5) is 0 Å². The maximum Gasteiger partial charge on any atom is 0.311 e. The molecule has 5 nitrogen and oxygen atoms in total. The predicted molar refractivity (Wildman–Crippen MR) is 83.5 cm³/mol. The van der Waals surface area contributed by atoms with Crippen molar-refractivity contribution < 1.29 is 9.53 Å². The van der Waals surface area contributed by atoms with E-state index in [9.17, 15) is 4.79 Å². The molecule has 0 saturated carbocycles. The summed E-state index contributed by atoms with van der Waals surface area (Å²) in [5, 5.41) is 4.58. The SMILES string of the molecule is CCOC(=O)Cc1cc(C)n2nc(-c3ccccc3)cc2n1. The first kappa shape index (κ1) is 14.3. The predicted octanol–water partition coefficient (Wildman–Crippen LogP) is 2.81. The van der Waals surface area contributed by atoms with E-state index in [1.807, 2.05) is 49.4 Å². The minimum atomic E-state index is -0.262. The maximum absolute atomic E-state index is 11.6. The molecule has 0 N–H and O–H groups in total. The molecule has 0 spiro atoms. The number of fused-ring (bicyclic) bond motifs is 1. The van der Waals surface area contributed by atoms with Crippen molar-refractivity contribution in [1.82, 2.24) is 14.6 Å². The summed E-state index contributed by atoms with van der Waals surface area (Å²) < 4.78 is 6.76. The Balaban J connectivity index is 1.98. The summed E-state index contributed by atoms with van der Waals surface area (Å²) in [7, 11) is 0. The largest absolute Gasteiger partial charge is 0.466 e. The van der Waals surface area contributed by atoms with Crippen molar-refractivity contribution in [2.45, 2.75) is 20.3 Å². The average Bonchev–Trinajstić information content (AvgIpc) is 2.93. The van der Waals surface area contributed by atoms with Gasteiger partial charge in [-0.05, 0) is 19.9 Å². The van der Waals surface area contributed by atoms with Crippen LogP contribution in [0, 0.1) is 6.92 Å². The molecule has 5 heteroatoms. The number of carbonyl (C=O) groups is 1. The number of rotatable bonds is 4. The van der Waals surface area contributed by atoms with Crippen LogP contribution in [0.1, 0.15) is 18.3 Å². The van der Waals surface area contributed by atoms with E-state index in [1.165, 1.54) is 0 Å². The van der Waals surface area contributed by atoms with Crippen molar-refractivity contribution in [2.24, 2.45) is 0 Å². The smallest absolute Gasteiger partial charge is 0.311 e. The molecule has 0 amide bonds. The highest BCUT2D eigenvalue weighted by Gasteiger charge is 2.11. The first-order valence-electron chi connectivity index (χ1n) is 7.24. The van der Waals surface area contributed by atoms with Gasteiger partial charge in [-0.3, -0.25) is 4.79 Å². The van der Waals surface area contributed by atoms with Gasteiger partial charge >= 0.3 is 5.97 Å². The van der Waals surface area contributed by atoms with E-state index < -0.39 is 0 Å². The Morgan fingerprint density at radius 1 is 1.23 bits per heavy atom. The molecule has 3 rings (SSSR count). The van der Waals surface area contributed by atoms with Crippen LogP contribution in [-0.2, 0) is 16.0 Å². The topological polar surface area (TPSA) is 56.5 Å². The standard InChI is InChI=1S/C17H17N3O2/c1-3-22-17(21)10-14-9-12(2)20-16(18-14)11-15(19-20)13-7-5-4-6-8-13/h4-9,11H,3,10H2,1-2H3. The van der Waals surface area contributed by atoms with Gasteiger partial charge in [-0.2, -0.15) is 5.10 Å². The Morgan fingerprint density at radius 2 is 2.00 bits per heavy atom. The zero-order valence-corrected chi connectivity index (χ0v) is 12.6. The van der Waals surface area contributed by atoms with E-state index in [1.54, 1.807) is 11.4 Å². The maximum atomic E-state index is 11.6. The second kappa shape index (κ2) is 5.97. The van der Waals surface area contributed by atoms with Crippen LogP contribution in [0.2, 0.25) is 0 Å². The minimum absolute atomic E-state index is 0.178. The second-order valence-corrected chi connectivity index (χ2v) is 5.04. The summed E-state index contributed by atoms with van der Waals surface area (Å²) >= 11 is 0. The van der Waals surface area contributed by atoms with E-state index in [4.69, 9.17) is 4.74 Å². The average molecular weight is 295 g/mol. The summed E-state index contributed by atoms with van der Waals surface area (Å²) in [6.45, 7) is 4.12. The van der Waals surface area contributed by atoms with E-state index in [0.29, 0.717) is 12.3 Å². The van der Waals surface area contributed by atoms with Gasteiger partial charge in [0.2, 0.25) is 0 Å². The highest BCUT2D eigenvalue weighted by molar-refractivity contribution is 5.72. The molecular weight excluding hydrogens is 278 g/mol. The zero-order chi connectivity index (χ0) is 15.5. The van der Waals surface area contributed by atoms with Crippen LogP contribution < -0.4 is 0 Å². The van der Waals surface area contributed by atoms with Gasteiger partial charge in [-0.1, -0.05) is 30.3 Å². The number of benzene rings is 1. The number of aryl methyl sites for hydroxylation is 1. The van der Waals surface area contributed by atoms with Gasteiger partial charge in [0.05, 0.1) is 24.4 Å². The summed E-state index contributed by atoms with van der Waals surface area (Å²) in [4.78, 5) is 16.1. The van der Waals surface area contributed by atoms with Crippen LogP contribution in [0.3, 0.4) is 0 Å². The molecule has 0 atom stereocenters. The van der Waals surface area contributed by atoms with E-state index in [-0.39, 0.29) is 12.4 Å². The minimum Gasteiger partial charge on any atom is -0.466 e. The fourth-order valence-electron chi connectivity index (χ4n) is 2.39. The summed E-state index contributed by atoms with van der Waals surface area (Å²) in [6, 6.07) is 13.7.